The summed E-state index contributed by atoms with van der Waals surface area (Å²) in [5.41, 5.74) is 0.668. The molecule has 0 saturated carbocycles. The number of nitrogens with zero attached hydrogens (tertiary/aromatic N) is 3. The molecule has 0 saturated heterocycles. The van der Waals surface area contributed by atoms with Gasteiger partial charge in [-0.25, -0.2) is 4.68 Å². The van der Waals surface area contributed by atoms with E-state index < -0.39 is 0 Å². The van der Waals surface area contributed by atoms with Crippen molar-refractivity contribution in [3.05, 3.63) is 15.8 Å². The molecule has 0 aliphatic rings. The van der Waals surface area contributed by atoms with Crippen molar-refractivity contribution in [2.75, 3.05) is 11.9 Å². The molecular formula is C15H28N4O2. The van der Waals surface area contributed by atoms with Crippen LogP contribution in [0, 0.1) is 16.0 Å². The standard InChI is InChI=1S/C15H28N4O2/c1-5-13-14(19(20)21)15(18(4)17-13)16-11-9-7-6-8-10-12(2)3/h12,16H,5-11H2,1-4H3. The van der Waals surface area contributed by atoms with Crippen molar-refractivity contribution in [1.82, 2.24) is 9.78 Å². The van der Waals surface area contributed by atoms with Gasteiger partial charge in [0.15, 0.2) is 0 Å². The summed E-state index contributed by atoms with van der Waals surface area (Å²) in [4.78, 5) is 10.8. The molecule has 0 radical (unpaired) electrons. The monoisotopic (exact) mass is 296 g/mol. The molecule has 0 atom stereocenters. The Morgan fingerprint density at radius 2 is 1.95 bits per heavy atom. The van der Waals surface area contributed by atoms with Gasteiger partial charge >= 0.3 is 5.69 Å². The Labute approximate surface area is 127 Å². The van der Waals surface area contributed by atoms with Crippen molar-refractivity contribution in [2.24, 2.45) is 13.0 Å². The molecule has 120 valence electrons. The summed E-state index contributed by atoms with van der Waals surface area (Å²) in [6.07, 6.45) is 6.53. The summed E-state index contributed by atoms with van der Waals surface area (Å²) in [6.45, 7) is 7.13. The minimum Gasteiger partial charge on any atom is -0.365 e. The Bertz CT molecular complexity index is 455. The fourth-order valence-corrected chi connectivity index (χ4v) is 2.43. The van der Waals surface area contributed by atoms with Crippen LogP contribution in [-0.2, 0) is 13.5 Å². The SMILES string of the molecule is CCc1nn(C)c(NCCCCCCC(C)C)c1[N+](=O)[O-]. The number of anilines is 1. The van der Waals surface area contributed by atoms with Gasteiger partial charge in [-0.05, 0) is 18.8 Å². The van der Waals surface area contributed by atoms with Crippen LogP contribution >= 0.6 is 0 Å². The van der Waals surface area contributed by atoms with Crippen molar-refractivity contribution in [2.45, 2.75) is 59.3 Å². The maximum Gasteiger partial charge on any atom is 0.333 e. The summed E-state index contributed by atoms with van der Waals surface area (Å²) >= 11 is 0. The van der Waals surface area contributed by atoms with Gasteiger partial charge in [0.25, 0.3) is 0 Å². The van der Waals surface area contributed by atoms with E-state index in [1.807, 2.05) is 6.92 Å². The third kappa shape index (κ3) is 5.36. The van der Waals surface area contributed by atoms with E-state index in [1.165, 1.54) is 19.3 Å². The van der Waals surface area contributed by atoms with E-state index in [2.05, 4.69) is 24.3 Å². The van der Waals surface area contributed by atoms with Gasteiger partial charge in [-0.3, -0.25) is 10.1 Å². The zero-order chi connectivity index (χ0) is 15.8. The van der Waals surface area contributed by atoms with Gasteiger partial charge < -0.3 is 5.32 Å². The average Bonchev–Trinajstić information content (AvgIpc) is 2.74. The molecule has 21 heavy (non-hydrogen) atoms. The zero-order valence-electron chi connectivity index (χ0n) is 13.7. The van der Waals surface area contributed by atoms with Crippen molar-refractivity contribution in [1.29, 1.82) is 0 Å². The quantitative estimate of drug-likeness (QED) is 0.403. The van der Waals surface area contributed by atoms with Crippen molar-refractivity contribution < 1.29 is 4.92 Å². The fraction of sp³-hybridized carbons (Fsp3) is 0.800. The highest BCUT2D eigenvalue weighted by molar-refractivity contribution is 5.59. The van der Waals surface area contributed by atoms with E-state index in [1.54, 1.807) is 11.7 Å². The van der Waals surface area contributed by atoms with Crippen LogP contribution in [0.3, 0.4) is 0 Å². The number of aryl methyl sites for hydroxylation is 2. The summed E-state index contributed by atoms with van der Waals surface area (Å²) in [6, 6.07) is 0. The van der Waals surface area contributed by atoms with Crippen molar-refractivity contribution in [3.63, 3.8) is 0 Å². The molecule has 6 heteroatoms. The molecule has 1 aromatic heterocycles. The predicted molar refractivity (Wildman–Crippen MR) is 85.7 cm³/mol. The first kappa shape index (κ1) is 17.5. The lowest BCUT2D eigenvalue weighted by molar-refractivity contribution is -0.384. The smallest absolute Gasteiger partial charge is 0.333 e. The summed E-state index contributed by atoms with van der Waals surface area (Å²) in [7, 11) is 1.75. The first-order valence-corrected chi connectivity index (χ1v) is 7.91. The molecule has 0 bridgehead atoms. The molecule has 0 spiro atoms. The first-order chi connectivity index (χ1) is 9.97. The summed E-state index contributed by atoms with van der Waals surface area (Å²) in [5.74, 6) is 1.30. The van der Waals surface area contributed by atoms with E-state index in [0.29, 0.717) is 17.9 Å². The van der Waals surface area contributed by atoms with Crippen LogP contribution in [0.4, 0.5) is 11.5 Å². The molecule has 0 aliphatic heterocycles. The molecule has 6 nitrogen and oxygen atoms in total. The first-order valence-electron chi connectivity index (χ1n) is 7.91. The Balaban J connectivity index is 2.42. The highest BCUT2D eigenvalue weighted by atomic mass is 16.6. The van der Waals surface area contributed by atoms with Gasteiger partial charge in [0.05, 0.1) is 4.92 Å². The van der Waals surface area contributed by atoms with Gasteiger partial charge in [0.2, 0.25) is 5.82 Å². The van der Waals surface area contributed by atoms with E-state index in [-0.39, 0.29) is 10.6 Å². The Morgan fingerprint density at radius 3 is 2.52 bits per heavy atom. The number of hydrogen-bond acceptors (Lipinski definition) is 4. The number of aromatic nitrogens is 2. The molecule has 0 aliphatic carbocycles. The molecule has 0 aromatic carbocycles. The zero-order valence-corrected chi connectivity index (χ0v) is 13.7. The van der Waals surface area contributed by atoms with Crippen LogP contribution in [0.25, 0.3) is 0 Å². The van der Waals surface area contributed by atoms with E-state index >= 15 is 0 Å². The predicted octanol–water partition coefficient (Wildman–Crippen LogP) is 3.91. The summed E-state index contributed by atoms with van der Waals surface area (Å²) < 4.78 is 1.58. The van der Waals surface area contributed by atoms with E-state index in [9.17, 15) is 10.1 Å². The number of rotatable bonds is 10. The molecular weight excluding hydrogens is 268 g/mol. The molecule has 0 amide bonds. The maximum absolute atomic E-state index is 11.2. The lowest BCUT2D eigenvalue weighted by atomic mass is 10.0. The lowest BCUT2D eigenvalue weighted by Gasteiger charge is -2.07. The van der Waals surface area contributed by atoms with Gasteiger partial charge in [0.1, 0.15) is 5.69 Å². The van der Waals surface area contributed by atoms with Gasteiger partial charge in [-0.1, -0.05) is 46.5 Å². The largest absolute Gasteiger partial charge is 0.365 e. The van der Waals surface area contributed by atoms with Crippen LogP contribution in [0.15, 0.2) is 0 Å². The molecule has 1 N–H and O–H groups in total. The maximum atomic E-state index is 11.2. The Morgan fingerprint density at radius 1 is 1.29 bits per heavy atom. The Kier molecular flexibility index (Phi) is 7.19. The number of unbranched alkanes of at least 4 members (excludes halogenated alkanes) is 3. The van der Waals surface area contributed by atoms with Crippen molar-refractivity contribution >= 4 is 11.5 Å². The number of nitro groups is 1. The van der Waals surface area contributed by atoms with Gasteiger partial charge in [-0.2, -0.15) is 5.10 Å². The number of hydrogen-bond donors (Lipinski definition) is 1. The highest BCUT2D eigenvalue weighted by Crippen LogP contribution is 2.28. The van der Waals surface area contributed by atoms with Crippen LogP contribution in [0.1, 0.15) is 58.6 Å². The lowest BCUT2D eigenvalue weighted by Crippen LogP contribution is -2.08. The molecule has 0 unspecified atom stereocenters. The van der Waals surface area contributed by atoms with Crippen molar-refractivity contribution in [3.8, 4) is 0 Å². The molecule has 1 aromatic rings. The number of nitrogens with one attached hydrogen (secondary N) is 1. The molecule has 1 rings (SSSR count). The minimum absolute atomic E-state index is 0.125. The van der Waals surface area contributed by atoms with E-state index in [4.69, 9.17) is 0 Å². The highest BCUT2D eigenvalue weighted by Gasteiger charge is 2.24. The van der Waals surface area contributed by atoms with E-state index in [0.717, 1.165) is 25.3 Å². The third-order valence-corrected chi connectivity index (χ3v) is 3.61. The summed E-state index contributed by atoms with van der Waals surface area (Å²) in [5, 5.41) is 18.6. The third-order valence-electron chi connectivity index (χ3n) is 3.61. The van der Waals surface area contributed by atoms with Crippen LogP contribution in [0.2, 0.25) is 0 Å². The van der Waals surface area contributed by atoms with Gasteiger partial charge in [-0.15, -0.1) is 0 Å². The van der Waals surface area contributed by atoms with Crippen LogP contribution in [0.5, 0.6) is 0 Å². The fourth-order valence-electron chi connectivity index (χ4n) is 2.43. The Hall–Kier alpha value is -1.59. The molecule has 1 heterocycles. The van der Waals surface area contributed by atoms with Crippen LogP contribution < -0.4 is 5.32 Å². The second-order valence-corrected chi connectivity index (χ2v) is 5.90. The average molecular weight is 296 g/mol. The minimum atomic E-state index is -0.337. The van der Waals surface area contributed by atoms with Gasteiger partial charge in [0, 0.05) is 13.6 Å². The topological polar surface area (TPSA) is 73.0 Å². The second kappa shape index (κ2) is 8.64. The van der Waals surface area contributed by atoms with Crippen LogP contribution in [-0.4, -0.2) is 21.2 Å². The molecule has 0 fully saturated rings. The second-order valence-electron chi connectivity index (χ2n) is 5.90. The normalized spacial score (nSPS) is 11.1.